The van der Waals surface area contributed by atoms with Gasteiger partial charge in [-0.1, -0.05) is 34.9 Å². The Hall–Kier alpha value is -2.49. The lowest BCUT2D eigenvalue weighted by molar-refractivity contribution is -0.132. The second-order valence-electron chi connectivity index (χ2n) is 7.21. The predicted molar refractivity (Wildman–Crippen MR) is 110 cm³/mol. The maximum atomic E-state index is 11.2. The van der Waals surface area contributed by atoms with Gasteiger partial charge in [0.25, 0.3) is 0 Å². The molecule has 0 fully saturated rings. The molecular weight excluding hydrogens is 340 g/mol. The molecule has 1 aromatic rings. The molecule has 4 heteroatoms. The van der Waals surface area contributed by atoms with E-state index in [0.29, 0.717) is 12.0 Å². The summed E-state index contributed by atoms with van der Waals surface area (Å²) in [5.41, 5.74) is 4.54. The number of ether oxygens (including phenoxy) is 1. The van der Waals surface area contributed by atoms with Crippen LogP contribution < -0.4 is 4.74 Å². The molecule has 1 aromatic carbocycles. The van der Waals surface area contributed by atoms with E-state index in [1.54, 1.807) is 0 Å². The van der Waals surface area contributed by atoms with Crippen molar-refractivity contribution in [2.45, 2.75) is 66.7 Å². The fraction of sp³-hybridized carbons (Fsp3) is 0.435. The minimum absolute atomic E-state index is 0.0561. The molecule has 0 aromatic heterocycles. The second-order valence-corrected chi connectivity index (χ2v) is 7.21. The molecule has 0 aliphatic carbocycles. The van der Waals surface area contributed by atoms with E-state index in [4.69, 9.17) is 4.74 Å². The molecule has 27 heavy (non-hydrogen) atoms. The van der Waals surface area contributed by atoms with E-state index in [9.17, 15) is 15.0 Å². The lowest BCUT2D eigenvalue weighted by Gasteiger charge is -2.10. The zero-order valence-electron chi connectivity index (χ0n) is 17.1. The number of phenols is 2. The quantitative estimate of drug-likeness (QED) is 0.318. The van der Waals surface area contributed by atoms with Crippen LogP contribution in [-0.4, -0.2) is 16.2 Å². The van der Waals surface area contributed by atoms with Gasteiger partial charge in [-0.3, -0.25) is 4.79 Å². The maximum Gasteiger partial charge on any atom is 0.308 e. The van der Waals surface area contributed by atoms with Crippen LogP contribution in [0.5, 0.6) is 17.2 Å². The van der Waals surface area contributed by atoms with Crippen LogP contribution in [0.25, 0.3) is 0 Å². The van der Waals surface area contributed by atoms with E-state index in [-0.39, 0.29) is 17.2 Å². The van der Waals surface area contributed by atoms with Crippen molar-refractivity contribution in [1.82, 2.24) is 0 Å². The Kier molecular flexibility index (Phi) is 9.41. The topological polar surface area (TPSA) is 66.8 Å². The van der Waals surface area contributed by atoms with Gasteiger partial charge in [0.05, 0.1) is 0 Å². The van der Waals surface area contributed by atoms with Crippen molar-refractivity contribution in [3.8, 4) is 17.2 Å². The van der Waals surface area contributed by atoms with Crippen molar-refractivity contribution >= 4 is 5.97 Å². The van der Waals surface area contributed by atoms with Crippen molar-refractivity contribution in [1.29, 1.82) is 0 Å². The fourth-order valence-corrected chi connectivity index (χ4v) is 2.69. The number of carbonyl (C=O) groups excluding carboxylic acids is 1. The molecule has 0 aliphatic heterocycles. The Morgan fingerprint density at radius 1 is 0.926 bits per heavy atom. The average Bonchev–Trinajstić information content (AvgIpc) is 2.55. The van der Waals surface area contributed by atoms with E-state index < -0.39 is 5.97 Å². The van der Waals surface area contributed by atoms with Crippen LogP contribution in [0, 0.1) is 0 Å². The van der Waals surface area contributed by atoms with Gasteiger partial charge in [-0.2, -0.15) is 0 Å². The molecule has 0 aliphatic rings. The molecule has 0 heterocycles. The SMILES string of the molecule is CC(=O)Oc1c(O)cc(O)cc1CC=C(C)CCC=C(C)CCC=C(C)C. The number of phenolic OH excluding ortho intramolecular Hbond substituents is 2. The van der Waals surface area contributed by atoms with Crippen LogP contribution in [0.1, 0.15) is 65.9 Å². The molecule has 0 amide bonds. The van der Waals surface area contributed by atoms with Crippen LogP contribution in [0.2, 0.25) is 0 Å². The highest BCUT2D eigenvalue weighted by molar-refractivity contribution is 5.71. The van der Waals surface area contributed by atoms with Crippen LogP contribution >= 0.6 is 0 Å². The molecule has 148 valence electrons. The average molecular weight is 373 g/mol. The molecule has 0 spiro atoms. The van der Waals surface area contributed by atoms with E-state index in [2.05, 4.69) is 39.8 Å². The number of esters is 1. The Labute approximate surface area is 162 Å². The summed E-state index contributed by atoms with van der Waals surface area (Å²) in [7, 11) is 0. The minimum Gasteiger partial charge on any atom is -0.508 e. The summed E-state index contributed by atoms with van der Waals surface area (Å²) in [6.45, 7) is 9.74. The Morgan fingerprint density at radius 2 is 1.52 bits per heavy atom. The predicted octanol–water partition coefficient (Wildman–Crippen LogP) is 5.98. The van der Waals surface area contributed by atoms with Crippen molar-refractivity contribution < 1.29 is 19.7 Å². The van der Waals surface area contributed by atoms with E-state index in [1.165, 1.54) is 35.8 Å². The molecule has 4 nitrogen and oxygen atoms in total. The molecule has 0 radical (unpaired) electrons. The van der Waals surface area contributed by atoms with Gasteiger partial charge in [-0.15, -0.1) is 0 Å². The standard InChI is InChI=1S/C23H32O4/c1-16(2)8-6-9-17(3)10-7-11-18(4)12-13-20-14-21(25)15-22(26)23(20)27-19(5)24/h8,10,12,14-15,25-26H,6-7,9,11,13H2,1-5H3. The normalized spacial score (nSPS) is 12.0. The third-order valence-corrected chi connectivity index (χ3v) is 4.17. The number of allylic oxidation sites excluding steroid dienone is 6. The largest absolute Gasteiger partial charge is 0.508 e. The zero-order valence-corrected chi connectivity index (χ0v) is 17.1. The summed E-state index contributed by atoms with van der Waals surface area (Å²) in [6, 6.07) is 2.68. The van der Waals surface area contributed by atoms with E-state index in [1.807, 2.05) is 6.08 Å². The number of hydrogen-bond acceptors (Lipinski definition) is 4. The maximum absolute atomic E-state index is 11.2. The second kappa shape index (κ2) is 11.3. The highest BCUT2D eigenvalue weighted by Gasteiger charge is 2.13. The monoisotopic (exact) mass is 372 g/mol. The van der Waals surface area contributed by atoms with Crippen LogP contribution in [-0.2, 0) is 11.2 Å². The number of rotatable bonds is 9. The van der Waals surface area contributed by atoms with Crippen molar-refractivity contribution in [2.24, 2.45) is 0 Å². The van der Waals surface area contributed by atoms with Crippen molar-refractivity contribution in [2.75, 3.05) is 0 Å². The highest BCUT2D eigenvalue weighted by Crippen LogP contribution is 2.35. The Morgan fingerprint density at radius 3 is 2.11 bits per heavy atom. The molecule has 0 unspecified atom stereocenters. The smallest absolute Gasteiger partial charge is 0.308 e. The lowest BCUT2D eigenvalue weighted by atomic mass is 10.0. The molecule has 2 N–H and O–H groups in total. The van der Waals surface area contributed by atoms with Gasteiger partial charge < -0.3 is 14.9 Å². The molecule has 0 saturated heterocycles. The number of hydrogen-bond donors (Lipinski definition) is 2. The first-order chi connectivity index (χ1) is 12.7. The number of benzene rings is 1. The van der Waals surface area contributed by atoms with Gasteiger partial charge in [0.1, 0.15) is 5.75 Å². The van der Waals surface area contributed by atoms with Crippen LogP contribution in [0.3, 0.4) is 0 Å². The summed E-state index contributed by atoms with van der Waals surface area (Å²) in [4.78, 5) is 11.2. The molecular formula is C23H32O4. The molecule has 0 bridgehead atoms. The third-order valence-electron chi connectivity index (χ3n) is 4.17. The van der Waals surface area contributed by atoms with Gasteiger partial charge in [0.15, 0.2) is 11.5 Å². The highest BCUT2D eigenvalue weighted by atomic mass is 16.5. The lowest BCUT2D eigenvalue weighted by Crippen LogP contribution is -2.04. The molecule has 0 atom stereocenters. The molecule has 1 rings (SSSR count). The Balaban J connectivity index is 2.66. The zero-order chi connectivity index (χ0) is 20.4. The summed E-state index contributed by atoms with van der Waals surface area (Å²) in [5, 5.41) is 19.6. The van der Waals surface area contributed by atoms with Gasteiger partial charge in [-0.05, 0) is 65.9 Å². The van der Waals surface area contributed by atoms with E-state index in [0.717, 1.165) is 25.7 Å². The first kappa shape index (κ1) is 22.6. The van der Waals surface area contributed by atoms with Crippen molar-refractivity contribution in [3.05, 3.63) is 52.6 Å². The van der Waals surface area contributed by atoms with Crippen LogP contribution in [0.15, 0.2) is 47.1 Å². The summed E-state index contributed by atoms with van der Waals surface area (Å²) in [6.07, 6.45) is 11.1. The van der Waals surface area contributed by atoms with Gasteiger partial charge in [0, 0.05) is 18.6 Å². The number of carbonyl (C=O) groups is 1. The van der Waals surface area contributed by atoms with Gasteiger partial charge in [0.2, 0.25) is 0 Å². The first-order valence-corrected chi connectivity index (χ1v) is 9.37. The molecule has 0 saturated carbocycles. The van der Waals surface area contributed by atoms with Gasteiger partial charge >= 0.3 is 5.97 Å². The van der Waals surface area contributed by atoms with E-state index >= 15 is 0 Å². The number of aromatic hydroxyl groups is 2. The summed E-state index contributed by atoms with van der Waals surface area (Å²) < 4.78 is 5.09. The first-order valence-electron chi connectivity index (χ1n) is 9.37. The summed E-state index contributed by atoms with van der Waals surface area (Å²) >= 11 is 0. The van der Waals surface area contributed by atoms with Gasteiger partial charge in [-0.25, -0.2) is 0 Å². The summed E-state index contributed by atoms with van der Waals surface area (Å²) in [5.74, 6) is -0.688. The fourth-order valence-electron chi connectivity index (χ4n) is 2.69. The van der Waals surface area contributed by atoms with Crippen molar-refractivity contribution in [3.63, 3.8) is 0 Å². The minimum atomic E-state index is -0.508. The third kappa shape index (κ3) is 9.13. The Bertz CT molecular complexity index is 735. The van der Waals surface area contributed by atoms with Crippen LogP contribution in [0.4, 0.5) is 0 Å².